The maximum absolute atomic E-state index is 5.75. The molecule has 94 valence electrons. The molecule has 3 unspecified atom stereocenters. The Hall–Kier alpha value is -0.120. The van der Waals surface area contributed by atoms with Crippen molar-refractivity contribution in [2.45, 2.75) is 70.6 Å². The van der Waals surface area contributed by atoms with E-state index < -0.39 is 0 Å². The zero-order valence-electron chi connectivity index (χ0n) is 10.7. The number of nitrogens with one attached hydrogen (secondary N) is 1. The zero-order valence-corrected chi connectivity index (χ0v) is 10.7. The molecule has 0 amide bonds. The quantitative estimate of drug-likeness (QED) is 0.799. The first-order chi connectivity index (χ1) is 7.77. The second kappa shape index (κ2) is 5.99. The van der Waals surface area contributed by atoms with Crippen molar-refractivity contribution in [3.05, 3.63) is 0 Å². The van der Waals surface area contributed by atoms with E-state index in [1.165, 1.54) is 38.5 Å². The van der Waals surface area contributed by atoms with Crippen molar-refractivity contribution >= 4 is 0 Å². The molecule has 0 aromatic carbocycles. The van der Waals surface area contributed by atoms with E-state index in [1.54, 1.807) is 0 Å². The number of hydrogen-bond acceptors (Lipinski definition) is 3. The summed E-state index contributed by atoms with van der Waals surface area (Å²) in [7, 11) is 0. The van der Waals surface area contributed by atoms with Gasteiger partial charge >= 0.3 is 0 Å². The summed E-state index contributed by atoms with van der Waals surface area (Å²) in [6, 6.07) is 1.35. The van der Waals surface area contributed by atoms with E-state index in [0.29, 0.717) is 18.2 Å². The van der Waals surface area contributed by atoms with Crippen molar-refractivity contribution < 1.29 is 4.74 Å². The summed E-state index contributed by atoms with van der Waals surface area (Å²) in [6.45, 7) is 6.60. The highest BCUT2D eigenvalue weighted by molar-refractivity contribution is 4.77. The highest BCUT2D eigenvalue weighted by Crippen LogP contribution is 2.20. The van der Waals surface area contributed by atoms with Crippen LogP contribution in [0.1, 0.15) is 52.4 Å². The minimum Gasteiger partial charge on any atom is -0.377 e. The van der Waals surface area contributed by atoms with Crippen LogP contribution in [0.25, 0.3) is 0 Å². The van der Waals surface area contributed by atoms with Gasteiger partial charge in [-0.1, -0.05) is 6.42 Å². The Morgan fingerprint density at radius 3 is 2.44 bits per heavy atom. The molecule has 0 spiro atoms. The van der Waals surface area contributed by atoms with Gasteiger partial charge in [0.05, 0.1) is 6.10 Å². The normalized spacial score (nSPS) is 37.5. The van der Waals surface area contributed by atoms with E-state index in [4.69, 9.17) is 4.74 Å². The molecule has 2 saturated heterocycles. The predicted molar refractivity (Wildman–Crippen MR) is 66.2 cm³/mol. The molecule has 3 heteroatoms. The zero-order chi connectivity index (χ0) is 11.4. The number of nitrogens with zero attached hydrogens (tertiary/aromatic N) is 1. The Balaban J connectivity index is 1.74. The lowest BCUT2D eigenvalue weighted by molar-refractivity contribution is -0.0185. The number of hydrogen-bond donors (Lipinski definition) is 1. The fourth-order valence-corrected chi connectivity index (χ4v) is 2.91. The van der Waals surface area contributed by atoms with Crippen LogP contribution < -0.4 is 5.43 Å². The van der Waals surface area contributed by atoms with Crippen LogP contribution >= 0.6 is 0 Å². The van der Waals surface area contributed by atoms with E-state index in [-0.39, 0.29) is 0 Å². The van der Waals surface area contributed by atoms with Crippen molar-refractivity contribution in [1.82, 2.24) is 10.4 Å². The maximum Gasteiger partial charge on any atom is 0.0713 e. The molecule has 0 aromatic heterocycles. The van der Waals surface area contributed by atoms with Gasteiger partial charge in [0, 0.05) is 25.2 Å². The van der Waals surface area contributed by atoms with Crippen LogP contribution in [0.15, 0.2) is 0 Å². The summed E-state index contributed by atoms with van der Waals surface area (Å²) in [5.41, 5.74) is 3.60. The first-order valence-corrected chi connectivity index (χ1v) is 6.91. The minimum absolute atomic E-state index is 0.440. The number of rotatable bonds is 3. The summed E-state index contributed by atoms with van der Waals surface area (Å²) in [5.74, 6) is 0. The van der Waals surface area contributed by atoms with Gasteiger partial charge in [0.2, 0.25) is 0 Å². The predicted octanol–water partition coefficient (Wildman–Crippen LogP) is 2.32. The molecule has 2 aliphatic heterocycles. The topological polar surface area (TPSA) is 24.5 Å². The molecular formula is C13H26N2O. The summed E-state index contributed by atoms with van der Waals surface area (Å²) >= 11 is 0. The fourth-order valence-electron chi connectivity index (χ4n) is 2.91. The van der Waals surface area contributed by atoms with E-state index in [0.717, 1.165) is 13.2 Å². The van der Waals surface area contributed by atoms with Crippen molar-refractivity contribution in [2.75, 3.05) is 13.2 Å². The molecule has 2 aliphatic rings. The molecule has 0 aromatic rings. The number of ether oxygens (including phenoxy) is 1. The molecule has 0 radical (unpaired) electrons. The second-order valence-corrected chi connectivity index (χ2v) is 5.39. The molecular weight excluding hydrogens is 200 g/mol. The Labute approximate surface area is 99.5 Å². The van der Waals surface area contributed by atoms with E-state index in [2.05, 4.69) is 24.3 Å². The van der Waals surface area contributed by atoms with Crippen LogP contribution in [-0.4, -0.2) is 36.3 Å². The number of piperidine rings is 1. The van der Waals surface area contributed by atoms with Crippen molar-refractivity contribution in [3.8, 4) is 0 Å². The van der Waals surface area contributed by atoms with Crippen molar-refractivity contribution in [1.29, 1.82) is 0 Å². The van der Waals surface area contributed by atoms with Crippen LogP contribution in [0.5, 0.6) is 0 Å². The fraction of sp³-hybridized carbons (Fsp3) is 1.00. The third-order valence-corrected chi connectivity index (χ3v) is 3.97. The Bertz CT molecular complexity index is 194. The van der Waals surface area contributed by atoms with Gasteiger partial charge in [-0.15, -0.1) is 0 Å². The molecule has 2 fully saturated rings. The molecule has 16 heavy (non-hydrogen) atoms. The van der Waals surface area contributed by atoms with Crippen LogP contribution in [0.4, 0.5) is 0 Å². The maximum atomic E-state index is 5.75. The lowest BCUT2D eigenvalue weighted by atomic mass is 10.00. The lowest BCUT2D eigenvalue weighted by Crippen LogP contribution is -2.54. The van der Waals surface area contributed by atoms with Crippen LogP contribution in [-0.2, 0) is 4.74 Å². The summed E-state index contributed by atoms with van der Waals surface area (Å²) in [4.78, 5) is 0. The molecule has 0 bridgehead atoms. The van der Waals surface area contributed by atoms with Gasteiger partial charge in [0.1, 0.15) is 0 Å². The SMILES string of the molecule is CC1CCCC(C)N1NCC1CCCCO1. The summed E-state index contributed by atoms with van der Waals surface area (Å²) in [5, 5.41) is 2.45. The average Bonchev–Trinajstić information content (AvgIpc) is 2.30. The largest absolute Gasteiger partial charge is 0.377 e. The van der Waals surface area contributed by atoms with E-state index >= 15 is 0 Å². The highest BCUT2D eigenvalue weighted by Gasteiger charge is 2.25. The van der Waals surface area contributed by atoms with Crippen LogP contribution in [0.3, 0.4) is 0 Å². The van der Waals surface area contributed by atoms with Crippen LogP contribution in [0.2, 0.25) is 0 Å². The Morgan fingerprint density at radius 1 is 1.06 bits per heavy atom. The lowest BCUT2D eigenvalue weighted by Gasteiger charge is -2.40. The van der Waals surface area contributed by atoms with Crippen LogP contribution in [0, 0.1) is 0 Å². The molecule has 1 N–H and O–H groups in total. The standard InChI is InChI=1S/C13H26N2O/c1-11-6-5-7-12(2)15(11)14-10-13-8-3-4-9-16-13/h11-14H,3-10H2,1-2H3. The second-order valence-electron chi connectivity index (χ2n) is 5.39. The highest BCUT2D eigenvalue weighted by atomic mass is 16.5. The van der Waals surface area contributed by atoms with Gasteiger partial charge in [0.15, 0.2) is 0 Å². The molecule has 0 saturated carbocycles. The molecule has 2 heterocycles. The molecule has 3 nitrogen and oxygen atoms in total. The van der Waals surface area contributed by atoms with Gasteiger partial charge in [-0.05, 0) is 46.0 Å². The van der Waals surface area contributed by atoms with Gasteiger partial charge in [-0.25, -0.2) is 5.01 Å². The van der Waals surface area contributed by atoms with Gasteiger partial charge in [-0.3, -0.25) is 5.43 Å². The first-order valence-electron chi connectivity index (χ1n) is 6.91. The summed E-state index contributed by atoms with van der Waals surface area (Å²) in [6.07, 6.45) is 8.26. The third kappa shape index (κ3) is 3.19. The molecule has 3 atom stereocenters. The van der Waals surface area contributed by atoms with E-state index in [9.17, 15) is 0 Å². The monoisotopic (exact) mass is 226 g/mol. The third-order valence-electron chi connectivity index (χ3n) is 3.97. The smallest absolute Gasteiger partial charge is 0.0713 e. The Kier molecular flexibility index (Phi) is 4.62. The first kappa shape index (κ1) is 12.3. The van der Waals surface area contributed by atoms with Crippen molar-refractivity contribution in [2.24, 2.45) is 0 Å². The Morgan fingerprint density at radius 2 is 1.81 bits per heavy atom. The molecule has 0 aliphatic carbocycles. The number of hydrazine groups is 1. The van der Waals surface area contributed by atoms with Gasteiger partial charge in [-0.2, -0.15) is 0 Å². The average molecular weight is 226 g/mol. The minimum atomic E-state index is 0.440. The molecule has 2 rings (SSSR count). The van der Waals surface area contributed by atoms with Crippen molar-refractivity contribution in [3.63, 3.8) is 0 Å². The van der Waals surface area contributed by atoms with Gasteiger partial charge in [0.25, 0.3) is 0 Å². The van der Waals surface area contributed by atoms with E-state index in [1.807, 2.05) is 0 Å². The van der Waals surface area contributed by atoms with Gasteiger partial charge < -0.3 is 4.74 Å². The summed E-state index contributed by atoms with van der Waals surface area (Å²) < 4.78 is 5.75.